The molecule has 21 heavy (non-hydrogen) atoms. The second-order valence-corrected chi connectivity index (χ2v) is 7.33. The van der Waals surface area contributed by atoms with E-state index in [9.17, 15) is 0 Å². The molecular weight excluding hydrogens is 260 g/mol. The summed E-state index contributed by atoms with van der Waals surface area (Å²) < 4.78 is 5.94. The van der Waals surface area contributed by atoms with Crippen LogP contribution < -0.4 is 5.32 Å². The molecule has 0 unspecified atom stereocenters. The van der Waals surface area contributed by atoms with Gasteiger partial charge in [0, 0.05) is 0 Å². The zero-order chi connectivity index (χ0) is 15.3. The van der Waals surface area contributed by atoms with Crippen LogP contribution >= 0.6 is 0 Å². The maximum Gasteiger partial charge on any atom is 0.118 e. The monoisotopic (exact) mass is 292 g/mol. The number of nitrogens with zero attached hydrogens (tertiary/aromatic N) is 1. The Labute approximate surface area is 130 Å². The highest BCUT2D eigenvalue weighted by molar-refractivity contribution is 5.07. The van der Waals surface area contributed by atoms with E-state index in [0.29, 0.717) is 11.3 Å². The van der Waals surface area contributed by atoms with Gasteiger partial charge < -0.3 is 9.73 Å². The second kappa shape index (κ2) is 7.46. The molecule has 1 fully saturated rings. The van der Waals surface area contributed by atoms with E-state index < -0.39 is 0 Å². The van der Waals surface area contributed by atoms with Crippen molar-refractivity contribution in [1.29, 1.82) is 0 Å². The van der Waals surface area contributed by atoms with Crippen LogP contribution in [0.5, 0.6) is 0 Å². The van der Waals surface area contributed by atoms with Crippen LogP contribution in [0.3, 0.4) is 0 Å². The van der Waals surface area contributed by atoms with Gasteiger partial charge in [-0.15, -0.1) is 0 Å². The average molecular weight is 292 g/mol. The summed E-state index contributed by atoms with van der Waals surface area (Å²) in [7, 11) is 0. The minimum atomic E-state index is 0.561. The van der Waals surface area contributed by atoms with Gasteiger partial charge in [0.2, 0.25) is 0 Å². The van der Waals surface area contributed by atoms with E-state index >= 15 is 0 Å². The molecule has 3 nitrogen and oxygen atoms in total. The standard InChI is InChI=1S/C18H32N2O/c1-5-18(4)8-10-20(11-9-18)14-17-7-6-16(21-17)13-19-12-15(2)3/h6-7,15,19H,5,8-14H2,1-4H3. The van der Waals surface area contributed by atoms with Crippen molar-refractivity contribution >= 4 is 0 Å². The summed E-state index contributed by atoms with van der Waals surface area (Å²) in [6.07, 6.45) is 3.92. The van der Waals surface area contributed by atoms with Gasteiger partial charge in [0.25, 0.3) is 0 Å². The maximum absolute atomic E-state index is 5.94. The van der Waals surface area contributed by atoms with Crippen LogP contribution in [-0.2, 0) is 13.1 Å². The molecule has 0 aliphatic carbocycles. The fourth-order valence-corrected chi connectivity index (χ4v) is 2.91. The average Bonchev–Trinajstić information content (AvgIpc) is 2.89. The number of hydrogen-bond acceptors (Lipinski definition) is 3. The Hall–Kier alpha value is -0.800. The maximum atomic E-state index is 5.94. The first-order chi connectivity index (χ1) is 10.0. The molecule has 0 bridgehead atoms. The summed E-state index contributed by atoms with van der Waals surface area (Å²) in [5.74, 6) is 2.85. The molecule has 3 heteroatoms. The fourth-order valence-electron chi connectivity index (χ4n) is 2.91. The van der Waals surface area contributed by atoms with Crippen molar-refractivity contribution in [3.63, 3.8) is 0 Å². The molecule has 1 aromatic rings. The molecule has 0 aromatic carbocycles. The third-order valence-electron chi connectivity index (χ3n) is 4.87. The highest BCUT2D eigenvalue weighted by atomic mass is 16.3. The van der Waals surface area contributed by atoms with Gasteiger partial charge in [-0.1, -0.05) is 34.1 Å². The summed E-state index contributed by atoms with van der Waals surface area (Å²) in [5.41, 5.74) is 0.561. The lowest BCUT2D eigenvalue weighted by Crippen LogP contribution is -2.37. The predicted molar refractivity (Wildman–Crippen MR) is 88.2 cm³/mol. The first kappa shape index (κ1) is 16.6. The van der Waals surface area contributed by atoms with Crippen LogP contribution in [0, 0.1) is 11.3 Å². The minimum Gasteiger partial charge on any atom is -0.463 e. The van der Waals surface area contributed by atoms with Crippen molar-refractivity contribution < 1.29 is 4.42 Å². The van der Waals surface area contributed by atoms with Crippen LogP contribution in [-0.4, -0.2) is 24.5 Å². The topological polar surface area (TPSA) is 28.4 Å². The largest absolute Gasteiger partial charge is 0.463 e. The first-order valence-electron chi connectivity index (χ1n) is 8.51. The molecule has 0 atom stereocenters. The fraction of sp³-hybridized carbons (Fsp3) is 0.778. The normalized spacial score (nSPS) is 19.3. The summed E-state index contributed by atoms with van der Waals surface area (Å²) >= 11 is 0. The van der Waals surface area contributed by atoms with Crippen LogP contribution in [0.15, 0.2) is 16.5 Å². The second-order valence-electron chi connectivity index (χ2n) is 7.33. The number of furan rings is 1. The molecule has 0 spiro atoms. The molecule has 0 amide bonds. The summed E-state index contributed by atoms with van der Waals surface area (Å²) in [4.78, 5) is 2.53. The van der Waals surface area contributed by atoms with Crippen molar-refractivity contribution in [3.05, 3.63) is 23.7 Å². The molecule has 120 valence electrons. The third-order valence-corrected chi connectivity index (χ3v) is 4.87. The van der Waals surface area contributed by atoms with Gasteiger partial charge in [-0.05, 0) is 55.9 Å². The Bertz CT molecular complexity index is 417. The molecule has 0 radical (unpaired) electrons. The molecule has 1 aliphatic heterocycles. The van der Waals surface area contributed by atoms with Gasteiger partial charge in [0.1, 0.15) is 11.5 Å². The first-order valence-corrected chi connectivity index (χ1v) is 8.51. The number of nitrogens with one attached hydrogen (secondary N) is 1. The highest BCUT2D eigenvalue weighted by Crippen LogP contribution is 2.34. The third kappa shape index (κ3) is 5.15. The van der Waals surface area contributed by atoms with Crippen LogP contribution in [0.2, 0.25) is 0 Å². The van der Waals surface area contributed by atoms with Crippen LogP contribution in [0.1, 0.15) is 58.5 Å². The number of rotatable bonds is 7. The van der Waals surface area contributed by atoms with Crippen molar-refractivity contribution in [2.24, 2.45) is 11.3 Å². The lowest BCUT2D eigenvalue weighted by molar-refractivity contribution is 0.103. The van der Waals surface area contributed by atoms with Gasteiger partial charge in [0.15, 0.2) is 0 Å². The summed E-state index contributed by atoms with van der Waals surface area (Å²) in [5, 5.41) is 3.43. The van der Waals surface area contributed by atoms with E-state index in [4.69, 9.17) is 4.42 Å². The number of piperidine rings is 1. The van der Waals surface area contributed by atoms with Gasteiger partial charge in [-0.3, -0.25) is 4.90 Å². The van der Waals surface area contributed by atoms with Gasteiger partial charge in [-0.25, -0.2) is 0 Å². The Morgan fingerprint density at radius 1 is 1.24 bits per heavy atom. The Balaban J connectivity index is 1.75. The van der Waals surface area contributed by atoms with E-state index in [2.05, 4.69) is 50.0 Å². The molecule has 1 saturated heterocycles. The van der Waals surface area contributed by atoms with E-state index in [0.717, 1.165) is 31.2 Å². The smallest absolute Gasteiger partial charge is 0.118 e. The Morgan fingerprint density at radius 2 is 1.90 bits per heavy atom. The van der Waals surface area contributed by atoms with E-state index in [1.165, 1.54) is 32.4 Å². The Morgan fingerprint density at radius 3 is 2.52 bits per heavy atom. The predicted octanol–water partition coefficient (Wildman–Crippen LogP) is 4.04. The van der Waals surface area contributed by atoms with Crippen LogP contribution in [0.4, 0.5) is 0 Å². The zero-order valence-electron chi connectivity index (χ0n) is 14.2. The SMILES string of the molecule is CCC1(C)CCN(Cc2ccc(CNCC(C)C)o2)CC1. The van der Waals surface area contributed by atoms with E-state index in [1.807, 2.05) is 0 Å². The Kier molecular flexibility index (Phi) is 5.88. The molecule has 0 saturated carbocycles. The lowest BCUT2D eigenvalue weighted by Gasteiger charge is -2.38. The van der Waals surface area contributed by atoms with Gasteiger partial charge in [-0.2, -0.15) is 0 Å². The van der Waals surface area contributed by atoms with E-state index in [-0.39, 0.29) is 0 Å². The number of hydrogen-bond donors (Lipinski definition) is 1. The van der Waals surface area contributed by atoms with Crippen LogP contribution in [0.25, 0.3) is 0 Å². The lowest BCUT2D eigenvalue weighted by atomic mass is 9.78. The van der Waals surface area contributed by atoms with Gasteiger partial charge in [0.05, 0.1) is 13.1 Å². The van der Waals surface area contributed by atoms with E-state index in [1.54, 1.807) is 0 Å². The summed E-state index contributed by atoms with van der Waals surface area (Å²) in [6, 6.07) is 4.25. The summed E-state index contributed by atoms with van der Waals surface area (Å²) in [6.45, 7) is 14.4. The van der Waals surface area contributed by atoms with Crippen molar-refractivity contribution in [2.45, 2.75) is 60.0 Å². The number of likely N-dealkylation sites (tertiary alicyclic amines) is 1. The van der Waals surface area contributed by atoms with Crippen molar-refractivity contribution in [1.82, 2.24) is 10.2 Å². The molecule has 1 aromatic heterocycles. The molecule has 2 heterocycles. The molecule has 1 aliphatic rings. The van der Waals surface area contributed by atoms with Gasteiger partial charge >= 0.3 is 0 Å². The van der Waals surface area contributed by atoms with Crippen molar-refractivity contribution in [2.75, 3.05) is 19.6 Å². The molecule has 2 rings (SSSR count). The highest BCUT2D eigenvalue weighted by Gasteiger charge is 2.28. The molecular formula is C18H32N2O. The zero-order valence-corrected chi connectivity index (χ0v) is 14.2. The van der Waals surface area contributed by atoms with Crippen molar-refractivity contribution in [3.8, 4) is 0 Å². The minimum absolute atomic E-state index is 0.561. The quantitative estimate of drug-likeness (QED) is 0.822. The molecule has 1 N–H and O–H groups in total.